The topological polar surface area (TPSA) is 68.8 Å². The van der Waals surface area contributed by atoms with Crippen molar-refractivity contribution in [3.8, 4) is 5.75 Å². The van der Waals surface area contributed by atoms with E-state index in [9.17, 15) is 4.79 Å². The average molecular weight is 336 g/mol. The van der Waals surface area contributed by atoms with Crippen LogP contribution in [-0.4, -0.2) is 38.5 Å². The molecule has 1 aromatic rings. The highest BCUT2D eigenvalue weighted by molar-refractivity contribution is 7.80. The first-order valence-corrected chi connectivity index (χ1v) is 7.56. The van der Waals surface area contributed by atoms with E-state index in [-0.39, 0.29) is 12.6 Å². The number of benzene rings is 1. The van der Waals surface area contributed by atoms with Gasteiger partial charge in [-0.3, -0.25) is 0 Å². The standard InChI is InChI=1S/C16H20N2O4S/c1-10-13(15(19)22-9-8-20-2)14(18-16(23)17-10)11-4-6-12(21-3)7-5-11/h4-7,14H,8-9H2,1-3H3,(H2,17,18,23)/t14-/m1/s1. The second-order valence-corrected chi connectivity index (χ2v) is 5.38. The molecule has 0 saturated carbocycles. The van der Waals surface area contributed by atoms with Crippen molar-refractivity contribution in [1.82, 2.24) is 10.6 Å². The van der Waals surface area contributed by atoms with Gasteiger partial charge in [0, 0.05) is 12.8 Å². The van der Waals surface area contributed by atoms with E-state index in [1.54, 1.807) is 21.1 Å². The van der Waals surface area contributed by atoms with E-state index >= 15 is 0 Å². The monoisotopic (exact) mass is 336 g/mol. The predicted octanol–water partition coefficient (Wildman–Crippen LogP) is 1.68. The van der Waals surface area contributed by atoms with E-state index in [4.69, 9.17) is 26.4 Å². The Hall–Kier alpha value is -2.12. The maximum atomic E-state index is 12.4. The van der Waals surface area contributed by atoms with Crippen molar-refractivity contribution in [3.05, 3.63) is 41.1 Å². The number of esters is 1. The fourth-order valence-corrected chi connectivity index (χ4v) is 2.58. The van der Waals surface area contributed by atoms with Crippen LogP contribution in [0.4, 0.5) is 0 Å². The summed E-state index contributed by atoms with van der Waals surface area (Å²) in [5.41, 5.74) is 2.07. The Kier molecular flexibility index (Phi) is 5.95. The van der Waals surface area contributed by atoms with Crippen LogP contribution in [0.25, 0.3) is 0 Å². The van der Waals surface area contributed by atoms with Crippen LogP contribution in [0.15, 0.2) is 35.5 Å². The molecule has 0 radical (unpaired) electrons. The van der Waals surface area contributed by atoms with Crippen molar-refractivity contribution >= 4 is 23.3 Å². The molecule has 0 aromatic heterocycles. The van der Waals surface area contributed by atoms with Gasteiger partial charge in [-0.05, 0) is 36.8 Å². The third kappa shape index (κ3) is 4.20. The molecular formula is C16H20N2O4S. The Morgan fingerprint density at radius 2 is 1.91 bits per heavy atom. The Bertz CT molecular complexity index is 613. The van der Waals surface area contributed by atoms with E-state index in [1.165, 1.54) is 0 Å². The number of carbonyl (C=O) groups excluding carboxylic acids is 1. The summed E-state index contributed by atoms with van der Waals surface area (Å²) < 4.78 is 15.3. The van der Waals surface area contributed by atoms with E-state index in [0.717, 1.165) is 11.3 Å². The van der Waals surface area contributed by atoms with Gasteiger partial charge >= 0.3 is 5.97 Å². The molecule has 2 N–H and O–H groups in total. The van der Waals surface area contributed by atoms with E-state index in [0.29, 0.717) is 23.0 Å². The molecule has 1 aliphatic heterocycles. The molecule has 0 aliphatic carbocycles. The zero-order chi connectivity index (χ0) is 16.8. The largest absolute Gasteiger partial charge is 0.497 e. The second-order valence-electron chi connectivity index (χ2n) is 4.97. The molecule has 0 amide bonds. The fourth-order valence-electron chi connectivity index (χ4n) is 2.31. The number of hydrogen-bond acceptors (Lipinski definition) is 5. The number of thiocarbonyl (C=S) groups is 1. The van der Waals surface area contributed by atoms with Crippen LogP contribution in [0.1, 0.15) is 18.5 Å². The number of rotatable bonds is 6. The first kappa shape index (κ1) is 17.2. The molecule has 7 heteroatoms. The van der Waals surface area contributed by atoms with Crippen molar-refractivity contribution in [2.75, 3.05) is 27.4 Å². The molecule has 1 heterocycles. The van der Waals surface area contributed by atoms with Gasteiger partial charge < -0.3 is 24.8 Å². The molecule has 0 fully saturated rings. The van der Waals surface area contributed by atoms with Gasteiger partial charge in [-0.2, -0.15) is 0 Å². The lowest BCUT2D eigenvalue weighted by atomic mass is 9.95. The van der Waals surface area contributed by atoms with E-state index < -0.39 is 5.97 Å². The van der Waals surface area contributed by atoms with Crippen molar-refractivity contribution in [2.24, 2.45) is 0 Å². The molecule has 6 nitrogen and oxygen atoms in total. The molecule has 1 aromatic carbocycles. The van der Waals surface area contributed by atoms with Gasteiger partial charge in [-0.15, -0.1) is 0 Å². The lowest BCUT2D eigenvalue weighted by Gasteiger charge is -2.30. The number of hydrogen-bond donors (Lipinski definition) is 2. The Morgan fingerprint density at radius 1 is 1.22 bits per heavy atom. The minimum absolute atomic E-state index is 0.200. The molecule has 0 unspecified atom stereocenters. The first-order valence-electron chi connectivity index (χ1n) is 7.15. The summed E-state index contributed by atoms with van der Waals surface area (Å²) >= 11 is 5.20. The van der Waals surface area contributed by atoms with Crippen molar-refractivity contribution in [1.29, 1.82) is 0 Å². The summed E-state index contributed by atoms with van der Waals surface area (Å²) in [5.74, 6) is 0.345. The summed E-state index contributed by atoms with van der Waals surface area (Å²) in [6, 6.07) is 7.08. The maximum Gasteiger partial charge on any atom is 0.338 e. The third-order valence-corrected chi connectivity index (χ3v) is 3.68. The van der Waals surface area contributed by atoms with Crippen molar-refractivity contribution in [3.63, 3.8) is 0 Å². The van der Waals surface area contributed by atoms with Crippen molar-refractivity contribution in [2.45, 2.75) is 13.0 Å². The smallest absolute Gasteiger partial charge is 0.338 e. The Balaban J connectivity index is 2.27. The highest BCUT2D eigenvalue weighted by atomic mass is 32.1. The SMILES string of the molecule is COCCOC(=O)C1=C(C)NC(=S)N[C@@H]1c1ccc(OC)cc1. The highest BCUT2D eigenvalue weighted by Gasteiger charge is 2.30. The summed E-state index contributed by atoms with van der Waals surface area (Å²) in [4.78, 5) is 12.4. The van der Waals surface area contributed by atoms with Crippen LogP contribution in [0.3, 0.4) is 0 Å². The molecule has 1 aliphatic rings. The van der Waals surface area contributed by atoms with Gasteiger partial charge in [0.2, 0.25) is 0 Å². The zero-order valence-electron chi connectivity index (χ0n) is 13.3. The minimum atomic E-state index is -0.400. The number of nitrogens with one attached hydrogen (secondary N) is 2. The Labute approximate surface area is 140 Å². The fraction of sp³-hybridized carbons (Fsp3) is 0.375. The normalized spacial score (nSPS) is 17.3. The van der Waals surface area contributed by atoms with Crippen LogP contribution in [0.2, 0.25) is 0 Å². The quantitative estimate of drug-likeness (QED) is 0.465. The minimum Gasteiger partial charge on any atom is -0.497 e. The number of ether oxygens (including phenoxy) is 3. The third-order valence-electron chi connectivity index (χ3n) is 3.46. The summed E-state index contributed by atoms with van der Waals surface area (Å²) in [7, 11) is 3.16. The van der Waals surface area contributed by atoms with Gasteiger partial charge in [0.15, 0.2) is 5.11 Å². The van der Waals surface area contributed by atoms with E-state index in [2.05, 4.69) is 10.6 Å². The van der Waals surface area contributed by atoms with Gasteiger partial charge in [0.25, 0.3) is 0 Å². The Morgan fingerprint density at radius 3 is 2.52 bits per heavy atom. The number of carbonyl (C=O) groups is 1. The number of allylic oxidation sites excluding steroid dienone is 1. The number of methoxy groups -OCH3 is 2. The lowest BCUT2D eigenvalue weighted by Crippen LogP contribution is -2.45. The van der Waals surface area contributed by atoms with E-state index in [1.807, 2.05) is 24.3 Å². The highest BCUT2D eigenvalue weighted by Crippen LogP contribution is 2.28. The lowest BCUT2D eigenvalue weighted by molar-refractivity contribution is -0.140. The average Bonchev–Trinajstić information content (AvgIpc) is 2.54. The summed E-state index contributed by atoms with van der Waals surface area (Å²) in [5, 5.41) is 6.55. The molecule has 23 heavy (non-hydrogen) atoms. The molecular weight excluding hydrogens is 316 g/mol. The van der Waals surface area contributed by atoms with Crippen LogP contribution in [0, 0.1) is 0 Å². The van der Waals surface area contributed by atoms with Gasteiger partial charge in [0.05, 0.1) is 25.3 Å². The molecule has 124 valence electrons. The van der Waals surface area contributed by atoms with Gasteiger partial charge in [-0.25, -0.2) is 4.79 Å². The van der Waals surface area contributed by atoms with Crippen LogP contribution in [-0.2, 0) is 14.3 Å². The first-order chi connectivity index (χ1) is 11.1. The van der Waals surface area contributed by atoms with Crippen LogP contribution in [0.5, 0.6) is 5.75 Å². The van der Waals surface area contributed by atoms with Gasteiger partial charge in [0.1, 0.15) is 12.4 Å². The maximum absolute atomic E-state index is 12.4. The van der Waals surface area contributed by atoms with Crippen LogP contribution >= 0.6 is 12.2 Å². The molecule has 1 atom stereocenters. The second kappa shape index (κ2) is 7.94. The molecule has 0 spiro atoms. The molecule has 2 rings (SSSR count). The summed E-state index contributed by atoms with van der Waals surface area (Å²) in [6.45, 7) is 2.35. The predicted molar refractivity (Wildman–Crippen MR) is 90.1 cm³/mol. The van der Waals surface area contributed by atoms with Crippen molar-refractivity contribution < 1.29 is 19.0 Å². The molecule has 0 saturated heterocycles. The zero-order valence-corrected chi connectivity index (χ0v) is 14.2. The van der Waals surface area contributed by atoms with Crippen LogP contribution < -0.4 is 15.4 Å². The molecule has 0 bridgehead atoms. The summed E-state index contributed by atoms with van der Waals surface area (Å²) in [6.07, 6.45) is 0. The van der Waals surface area contributed by atoms with Gasteiger partial charge in [-0.1, -0.05) is 12.1 Å².